The maximum atomic E-state index is 12.7. The predicted molar refractivity (Wildman–Crippen MR) is 87.2 cm³/mol. The molecule has 2 N–H and O–H groups in total. The van der Waals surface area contributed by atoms with Crippen LogP contribution >= 0.6 is 0 Å². The van der Waals surface area contributed by atoms with Gasteiger partial charge in [-0.3, -0.25) is 13.9 Å². The second-order valence-corrected chi connectivity index (χ2v) is 6.89. The molecule has 0 atom stereocenters. The molecule has 1 aromatic heterocycles. The summed E-state index contributed by atoms with van der Waals surface area (Å²) in [6.45, 7) is 0. The molecular weight excluding hydrogens is 318 g/mol. The van der Waals surface area contributed by atoms with Crippen LogP contribution in [0.4, 0.5) is 5.69 Å². The Morgan fingerprint density at radius 2 is 1.48 bits per heavy atom. The number of aromatic nitrogens is 2. The molecule has 8 heteroatoms. The summed E-state index contributed by atoms with van der Waals surface area (Å²) >= 11 is 0. The largest absolute Gasteiger partial charge is 0.316 e. The number of hydrogen-bond acceptors (Lipinski definition) is 4. The van der Waals surface area contributed by atoms with Crippen LogP contribution in [0.2, 0.25) is 0 Å². The molecule has 0 unspecified atom stereocenters. The second-order valence-electron chi connectivity index (χ2n) is 4.92. The normalized spacial score (nSPS) is 11.5. The van der Waals surface area contributed by atoms with Gasteiger partial charge in [0.15, 0.2) is 0 Å². The summed E-state index contributed by atoms with van der Waals surface area (Å²) in [4.78, 5) is 27.4. The van der Waals surface area contributed by atoms with E-state index in [0.29, 0.717) is 11.2 Å². The minimum atomic E-state index is -3.79. The lowest BCUT2D eigenvalue weighted by Gasteiger charge is -2.19. The van der Waals surface area contributed by atoms with Crippen molar-refractivity contribution in [1.82, 2.24) is 9.97 Å². The molecule has 7 nitrogen and oxygen atoms in total. The van der Waals surface area contributed by atoms with Crippen molar-refractivity contribution in [2.24, 2.45) is 0 Å². The zero-order chi connectivity index (χ0) is 16.6. The van der Waals surface area contributed by atoms with E-state index in [9.17, 15) is 18.0 Å². The molecule has 0 radical (unpaired) electrons. The van der Waals surface area contributed by atoms with Crippen LogP contribution in [0.1, 0.15) is 0 Å². The number of nitrogens with one attached hydrogen (secondary N) is 2. The molecule has 118 valence electrons. The van der Waals surface area contributed by atoms with E-state index in [1.165, 1.54) is 25.2 Å². The first kappa shape index (κ1) is 15.0. The van der Waals surface area contributed by atoms with Gasteiger partial charge in [-0.15, -0.1) is 0 Å². The number of aromatic amines is 2. The van der Waals surface area contributed by atoms with Gasteiger partial charge in [-0.25, -0.2) is 8.42 Å². The highest BCUT2D eigenvalue weighted by molar-refractivity contribution is 7.92. The summed E-state index contributed by atoms with van der Waals surface area (Å²) in [5.41, 5.74) is -0.492. The number of para-hydroxylation sites is 1. The van der Waals surface area contributed by atoms with Crippen LogP contribution in [-0.2, 0) is 10.0 Å². The molecule has 0 saturated carbocycles. The standard InChI is InChI=1S/C15H13N3O4S/c1-18(10-5-3-2-4-6-10)23(21,22)11-7-8-12-13(9-11)17-15(20)14(19)16-12/h2-9H,1H3,(H,16,19)(H,17,20). The van der Waals surface area contributed by atoms with Gasteiger partial charge in [0.2, 0.25) is 0 Å². The van der Waals surface area contributed by atoms with E-state index in [1.807, 2.05) is 0 Å². The van der Waals surface area contributed by atoms with Gasteiger partial charge in [0, 0.05) is 7.05 Å². The molecule has 0 aliphatic rings. The van der Waals surface area contributed by atoms with E-state index in [2.05, 4.69) is 9.97 Å². The van der Waals surface area contributed by atoms with Crippen LogP contribution in [0.3, 0.4) is 0 Å². The van der Waals surface area contributed by atoms with Crippen LogP contribution < -0.4 is 15.4 Å². The van der Waals surface area contributed by atoms with E-state index in [0.717, 1.165) is 4.31 Å². The Morgan fingerprint density at radius 1 is 0.870 bits per heavy atom. The first-order chi connectivity index (χ1) is 10.9. The van der Waals surface area contributed by atoms with Crippen molar-refractivity contribution in [2.45, 2.75) is 4.90 Å². The molecule has 3 rings (SSSR count). The summed E-state index contributed by atoms with van der Waals surface area (Å²) in [6.07, 6.45) is 0. The molecule has 0 aliphatic carbocycles. The van der Waals surface area contributed by atoms with Gasteiger partial charge in [0.1, 0.15) is 0 Å². The van der Waals surface area contributed by atoms with E-state index in [1.54, 1.807) is 30.3 Å². The third-order valence-corrected chi connectivity index (χ3v) is 5.25. The van der Waals surface area contributed by atoms with E-state index < -0.39 is 21.1 Å². The van der Waals surface area contributed by atoms with Gasteiger partial charge in [0.05, 0.1) is 21.6 Å². The van der Waals surface area contributed by atoms with Crippen molar-refractivity contribution < 1.29 is 8.42 Å². The van der Waals surface area contributed by atoms with Crippen LogP contribution in [0.15, 0.2) is 63.0 Å². The zero-order valence-corrected chi connectivity index (χ0v) is 12.9. The van der Waals surface area contributed by atoms with Gasteiger partial charge in [-0.2, -0.15) is 0 Å². The van der Waals surface area contributed by atoms with Crippen molar-refractivity contribution in [1.29, 1.82) is 0 Å². The number of hydrogen-bond donors (Lipinski definition) is 2. The smallest absolute Gasteiger partial charge is 0.314 e. The fourth-order valence-corrected chi connectivity index (χ4v) is 3.41. The molecule has 0 amide bonds. The zero-order valence-electron chi connectivity index (χ0n) is 12.1. The number of rotatable bonds is 3. The molecule has 2 aromatic carbocycles. The summed E-state index contributed by atoms with van der Waals surface area (Å²) in [5, 5.41) is 0. The molecule has 0 aliphatic heterocycles. The summed E-state index contributed by atoms with van der Waals surface area (Å²) in [7, 11) is -2.34. The molecule has 1 heterocycles. The Hall–Kier alpha value is -2.87. The average Bonchev–Trinajstić information content (AvgIpc) is 2.55. The number of anilines is 1. The molecule has 23 heavy (non-hydrogen) atoms. The van der Waals surface area contributed by atoms with E-state index >= 15 is 0 Å². The quantitative estimate of drug-likeness (QED) is 0.700. The Balaban J connectivity index is 2.13. The predicted octanol–water partition coefficient (Wildman–Crippen LogP) is 1.04. The maximum Gasteiger partial charge on any atom is 0.314 e. The highest BCUT2D eigenvalue weighted by Crippen LogP contribution is 2.23. The summed E-state index contributed by atoms with van der Waals surface area (Å²) < 4.78 is 26.5. The fourth-order valence-electron chi connectivity index (χ4n) is 2.19. The highest BCUT2D eigenvalue weighted by Gasteiger charge is 2.21. The lowest BCUT2D eigenvalue weighted by atomic mass is 10.3. The van der Waals surface area contributed by atoms with E-state index in [4.69, 9.17) is 0 Å². The first-order valence-corrected chi connectivity index (χ1v) is 8.14. The number of H-pyrrole nitrogens is 2. The van der Waals surface area contributed by atoms with Crippen LogP contribution in [0.5, 0.6) is 0 Å². The number of sulfonamides is 1. The highest BCUT2D eigenvalue weighted by atomic mass is 32.2. The second kappa shape index (κ2) is 5.40. The molecular formula is C15H13N3O4S. The van der Waals surface area contributed by atoms with Gasteiger partial charge >= 0.3 is 11.1 Å². The number of nitrogens with zero attached hydrogens (tertiary/aromatic N) is 1. The SMILES string of the molecule is CN(c1ccccc1)S(=O)(=O)c1ccc2[nH]c(=O)c(=O)[nH]c2c1. The lowest BCUT2D eigenvalue weighted by Crippen LogP contribution is -2.29. The average molecular weight is 331 g/mol. The van der Waals surface area contributed by atoms with Gasteiger partial charge in [-0.1, -0.05) is 18.2 Å². The Bertz CT molecular complexity index is 1080. The van der Waals surface area contributed by atoms with E-state index in [-0.39, 0.29) is 10.4 Å². The van der Waals surface area contributed by atoms with Crippen LogP contribution in [0.25, 0.3) is 11.0 Å². The lowest BCUT2D eigenvalue weighted by molar-refractivity contribution is 0.594. The monoisotopic (exact) mass is 331 g/mol. The topological polar surface area (TPSA) is 103 Å². The van der Waals surface area contributed by atoms with Crippen molar-refractivity contribution in [3.05, 3.63) is 69.2 Å². The van der Waals surface area contributed by atoms with Crippen molar-refractivity contribution >= 4 is 26.7 Å². The third-order valence-electron chi connectivity index (χ3n) is 3.47. The van der Waals surface area contributed by atoms with Crippen LogP contribution in [-0.4, -0.2) is 25.4 Å². The van der Waals surface area contributed by atoms with Gasteiger partial charge in [-0.05, 0) is 30.3 Å². The summed E-state index contributed by atoms with van der Waals surface area (Å²) in [5.74, 6) is 0. The molecule has 0 bridgehead atoms. The molecule has 0 spiro atoms. The van der Waals surface area contributed by atoms with Gasteiger partial charge < -0.3 is 9.97 Å². The Labute approximate surface area is 131 Å². The minimum absolute atomic E-state index is 0.0130. The minimum Gasteiger partial charge on any atom is -0.316 e. The molecule has 0 saturated heterocycles. The summed E-state index contributed by atoms with van der Waals surface area (Å²) in [6, 6.07) is 12.8. The third kappa shape index (κ3) is 2.64. The van der Waals surface area contributed by atoms with Crippen molar-refractivity contribution in [3.8, 4) is 0 Å². The first-order valence-electron chi connectivity index (χ1n) is 6.70. The van der Waals surface area contributed by atoms with Gasteiger partial charge in [0.25, 0.3) is 10.0 Å². The Morgan fingerprint density at radius 3 is 2.13 bits per heavy atom. The molecule has 0 fully saturated rings. The van der Waals surface area contributed by atoms with Crippen molar-refractivity contribution in [2.75, 3.05) is 11.4 Å². The Kier molecular flexibility index (Phi) is 3.53. The molecule has 3 aromatic rings. The van der Waals surface area contributed by atoms with Crippen LogP contribution in [0, 0.1) is 0 Å². The number of fused-ring (bicyclic) bond motifs is 1. The number of benzene rings is 2. The van der Waals surface area contributed by atoms with Crippen molar-refractivity contribution in [3.63, 3.8) is 0 Å². The fraction of sp³-hybridized carbons (Fsp3) is 0.0667. The maximum absolute atomic E-state index is 12.7.